The molecule has 2 aromatic carbocycles. The van der Waals surface area contributed by atoms with Crippen molar-refractivity contribution in [2.75, 3.05) is 19.5 Å². The number of imidazole rings is 1. The average Bonchev–Trinajstić information content (AvgIpc) is 3.32. The number of anilines is 1. The number of aromatic nitrogens is 2. The van der Waals surface area contributed by atoms with Crippen LogP contribution in [0.4, 0.5) is 5.69 Å². The highest BCUT2D eigenvalue weighted by atomic mass is 35.5. The van der Waals surface area contributed by atoms with Crippen LogP contribution in [0.1, 0.15) is 15.2 Å². The molecule has 2 N–H and O–H groups in total. The summed E-state index contributed by atoms with van der Waals surface area (Å²) in [5.74, 6) is 0.0209. The molecule has 0 aliphatic heterocycles. The Morgan fingerprint density at radius 1 is 1.24 bits per heavy atom. The van der Waals surface area contributed by atoms with Gasteiger partial charge in [-0.15, -0.1) is 11.3 Å². The van der Waals surface area contributed by atoms with Crippen molar-refractivity contribution in [2.45, 2.75) is 6.42 Å². The van der Waals surface area contributed by atoms with Crippen molar-refractivity contribution in [2.24, 2.45) is 0 Å². The van der Waals surface area contributed by atoms with Crippen LogP contribution in [0.3, 0.4) is 0 Å². The minimum atomic E-state index is -0.446. The Labute approximate surface area is 176 Å². The Balaban J connectivity index is 1.63. The van der Waals surface area contributed by atoms with Crippen LogP contribution in [0.25, 0.3) is 16.0 Å². The molecule has 0 bridgehead atoms. The van der Waals surface area contributed by atoms with Crippen LogP contribution in [0, 0.1) is 0 Å². The van der Waals surface area contributed by atoms with Gasteiger partial charge in [0.05, 0.1) is 24.8 Å². The molecule has 0 fully saturated rings. The zero-order valence-corrected chi connectivity index (χ0v) is 17.2. The van der Waals surface area contributed by atoms with Crippen molar-refractivity contribution in [3.63, 3.8) is 0 Å². The number of carbonyl (C=O) groups excluding carboxylic acids is 1. The molecule has 0 saturated heterocycles. The number of nitrogens with zero attached hydrogens (tertiary/aromatic N) is 2. The number of carbonyl (C=O) groups is 1. The summed E-state index contributed by atoms with van der Waals surface area (Å²) in [6.45, 7) is 0.377. The summed E-state index contributed by atoms with van der Waals surface area (Å²) in [4.78, 5) is 17.1. The molecule has 4 aromatic rings. The quantitative estimate of drug-likeness (QED) is 0.355. The molecular formula is C21H18ClN3O3S. The number of methoxy groups -OCH3 is 1. The van der Waals surface area contributed by atoms with E-state index >= 15 is 0 Å². The Morgan fingerprint density at radius 2 is 2.07 bits per heavy atom. The van der Waals surface area contributed by atoms with Crippen LogP contribution < -0.4 is 10.5 Å². The van der Waals surface area contributed by atoms with Gasteiger partial charge in [0, 0.05) is 23.2 Å². The second-order valence-corrected chi connectivity index (χ2v) is 7.76. The highest BCUT2D eigenvalue weighted by Crippen LogP contribution is 2.34. The first-order valence-electron chi connectivity index (χ1n) is 8.88. The number of rotatable bonds is 6. The molecule has 0 spiro atoms. The van der Waals surface area contributed by atoms with E-state index in [1.807, 2.05) is 47.0 Å². The monoisotopic (exact) mass is 427 g/mol. The van der Waals surface area contributed by atoms with Gasteiger partial charge < -0.3 is 15.2 Å². The third-order valence-electron chi connectivity index (χ3n) is 4.45. The zero-order chi connectivity index (χ0) is 20.4. The van der Waals surface area contributed by atoms with Crippen LogP contribution in [-0.4, -0.2) is 29.2 Å². The van der Waals surface area contributed by atoms with Gasteiger partial charge in [-0.1, -0.05) is 29.8 Å². The lowest BCUT2D eigenvalue weighted by atomic mass is 10.2. The number of thiophene rings is 1. The van der Waals surface area contributed by atoms with Gasteiger partial charge in [0.25, 0.3) is 0 Å². The highest BCUT2D eigenvalue weighted by Gasteiger charge is 2.20. The van der Waals surface area contributed by atoms with Crippen LogP contribution in [0.2, 0.25) is 5.02 Å². The number of ether oxygens (including phenoxy) is 2. The van der Waals surface area contributed by atoms with Crippen molar-refractivity contribution >= 4 is 45.6 Å². The SMILES string of the molecule is COC(=O)c1sc(-n2cnc3ccc(N)cc32)cc1OCCc1ccccc1Cl. The molecule has 0 amide bonds. The molecule has 6 nitrogen and oxygen atoms in total. The van der Waals surface area contributed by atoms with E-state index in [0.29, 0.717) is 34.4 Å². The van der Waals surface area contributed by atoms with Gasteiger partial charge >= 0.3 is 5.97 Å². The highest BCUT2D eigenvalue weighted by molar-refractivity contribution is 7.16. The van der Waals surface area contributed by atoms with E-state index in [-0.39, 0.29) is 0 Å². The summed E-state index contributed by atoms with van der Waals surface area (Å²) < 4.78 is 12.7. The van der Waals surface area contributed by atoms with Gasteiger partial charge in [-0.2, -0.15) is 0 Å². The molecule has 0 aliphatic carbocycles. The fraction of sp³-hybridized carbons (Fsp3) is 0.143. The third kappa shape index (κ3) is 3.92. The maximum absolute atomic E-state index is 12.3. The Bertz CT molecular complexity index is 1190. The van der Waals surface area contributed by atoms with E-state index in [2.05, 4.69) is 4.98 Å². The first kappa shape index (κ1) is 19.3. The van der Waals surface area contributed by atoms with Crippen LogP contribution in [-0.2, 0) is 11.2 Å². The largest absolute Gasteiger partial charge is 0.491 e. The molecule has 0 radical (unpaired) electrons. The predicted octanol–water partition coefficient (Wildman–Crippen LogP) is 4.73. The molecule has 0 aliphatic rings. The normalized spacial score (nSPS) is 11.0. The fourth-order valence-electron chi connectivity index (χ4n) is 3.00. The van der Waals surface area contributed by atoms with Gasteiger partial charge in [-0.25, -0.2) is 9.78 Å². The van der Waals surface area contributed by atoms with Crippen molar-refractivity contribution in [1.29, 1.82) is 0 Å². The first-order chi connectivity index (χ1) is 14.1. The van der Waals surface area contributed by atoms with Gasteiger partial charge in [0.2, 0.25) is 0 Å². The number of hydrogen-bond donors (Lipinski definition) is 1. The van der Waals surface area contributed by atoms with E-state index in [9.17, 15) is 4.79 Å². The molecule has 4 rings (SSSR count). The molecule has 29 heavy (non-hydrogen) atoms. The summed E-state index contributed by atoms with van der Waals surface area (Å²) in [5, 5.41) is 1.48. The molecule has 2 aromatic heterocycles. The lowest BCUT2D eigenvalue weighted by Gasteiger charge is -2.07. The number of esters is 1. The Kier molecular flexibility index (Phi) is 5.42. The average molecular weight is 428 g/mol. The molecule has 0 unspecified atom stereocenters. The number of nitrogen functional groups attached to an aromatic ring is 1. The smallest absolute Gasteiger partial charge is 0.351 e. The number of benzene rings is 2. The fourth-order valence-corrected chi connectivity index (χ4v) is 4.23. The van der Waals surface area contributed by atoms with E-state index in [4.69, 9.17) is 26.8 Å². The maximum atomic E-state index is 12.3. The summed E-state index contributed by atoms with van der Waals surface area (Å²) in [6.07, 6.45) is 2.32. The summed E-state index contributed by atoms with van der Waals surface area (Å²) in [5.41, 5.74) is 9.21. The van der Waals surface area contributed by atoms with Crippen LogP contribution in [0.15, 0.2) is 54.9 Å². The third-order valence-corrected chi connectivity index (χ3v) is 5.92. The van der Waals surface area contributed by atoms with Gasteiger partial charge in [-0.3, -0.25) is 4.57 Å². The second kappa shape index (κ2) is 8.14. The van der Waals surface area contributed by atoms with E-state index in [0.717, 1.165) is 21.6 Å². The number of halogens is 1. The van der Waals surface area contributed by atoms with E-state index < -0.39 is 5.97 Å². The molecule has 2 heterocycles. The number of nitrogens with two attached hydrogens (primary N) is 1. The molecule has 0 saturated carbocycles. The van der Waals surface area contributed by atoms with Gasteiger partial charge in [-0.05, 0) is 29.8 Å². The van der Waals surface area contributed by atoms with Crippen molar-refractivity contribution in [1.82, 2.24) is 9.55 Å². The summed E-state index contributed by atoms with van der Waals surface area (Å²) >= 11 is 7.48. The lowest BCUT2D eigenvalue weighted by molar-refractivity contribution is 0.0602. The van der Waals surface area contributed by atoms with Crippen LogP contribution in [0.5, 0.6) is 5.75 Å². The van der Waals surface area contributed by atoms with Crippen molar-refractivity contribution < 1.29 is 14.3 Å². The molecule has 148 valence electrons. The van der Waals surface area contributed by atoms with Crippen LogP contribution >= 0.6 is 22.9 Å². The minimum Gasteiger partial charge on any atom is -0.491 e. The molecule has 0 atom stereocenters. The minimum absolute atomic E-state index is 0.377. The molecular weight excluding hydrogens is 410 g/mol. The van der Waals surface area contributed by atoms with Gasteiger partial charge in [0.15, 0.2) is 4.88 Å². The van der Waals surface area contributed by atoms with Crippen molar-refractivity contribution in [3.8, 4) is 10.8 Å². The molecule has 8 heteroatoms. The number of hydrogen-bond acceptors (Lipinski definition) is 6. The second-order valence-electron chi connectivity index (χ2n) is 6.32. The lowest BCUT2D eigenvalue weighted by Crippen LogP contribution is -2.05. The standard InChI is InChI=1S/C21H18ClN3O3S/c1-27-21(26)20-18(28-9-8-13-4-2-3-5-15(13)22)11-19(29-20)25-12-24-16-7-6-14(23)10-17(16)25/h2-7,10-12H,8-9,23H2,1H3. The van der Waals surface area contributed by atoms with E-state index in [1.165, 1.54) is 18.4 Å². The topological polar surface area (TPSA) is 79.4 Å². The van der Waals surface area contributed by atoms with Crippen molar-refractivity contribution in [3.05, 3.63) is 70.3 Å². The number of fused-ring (bicyclic) bond motifs is 1. The zero-order valence-electron chi connectivity index (χ0n) is 15.6. The van der Waals surface area contributed by atoms with E-state index in [1.54, 1.807) is 12.4 Å². The Morgan fingerprint density at radius 3 is 2.86 bits per heavy atom. The van der Waals surface area contributed by atoms with Gasteiger partial charge in [0.1, 0.15) is 17.1 Å². The maximum Gasteiger partial charge on any atom is 0.351 e. The first-order valence-corrected chi connectivity index (χ1v) is 10.1. The summed E-state index contributed by atoms with van der Waals surface area (Å²) in [7, 11) is 1.35. The Hall–Kier alpha value is -3.03. The predicted molar refractivity (Wildman–Crippen MR) is 115 cm³/mol. The summed E-state index contributed by atoms with van der Waals surface area (Å²) in [6, 6.07) is 14.9.